The minimum Gasteiger partial charge on any atom is -0.344 e. The zero-order valence-electron chi connectivity index (χ0n) is 16.6. The average Bonchev–Trinajstić information content (AvgIpc) is 2.56. The van der Waals surface area contributed by atoms with Gasteiger partial charge in [-0.1, -0.05) is 90.9 Å². The molecule has 3 N–H and O–H groups in total. The first-order chi connectivity index (χ1) is 11.5. The van der Waals surface area contributed by atoms with Crippen molar-refractivity contribution >= 4 is 10.1 Å². The lowest BCUT2D eigenvalue weighted by Gasteiger charge is -2.10. The van der Waals surface area contributed by atoms with Crippen LogP contribution in [-0.4, -0.2) is 20.5 Å². The molecule has 1 unspecified atom stereocenters. The highest BCUT2D eigenvalue weighted by atomic mass is 32.2. The fraction of sp³-hybridized carbons (Fsp3) is 1.00. The molecule has 4 nitrogen and oxygen atoms in total. The molecule has 25 heavy (non-hydrogen) atoms. The third-order valence-corrected chi connectivity index (χ3v) is 5.70. The Labute approximate surface area is 156 Å². The molecule has 0 amide bonds. The molecule has 0 saturated heterocycles. The Morgan fingerprint density at radius 3 is 1.60 bits per heavy atom. The number of halogens is 1. The number of rotatable bonds is 18. The number of unbranched alkanes of at least 4 members (excludes halogenated alkanes) is 12. The fourth-order valence-corrected chi connectivity index (χ4v) is 3.67. The largest absolute Gasteiger partial charge is 0.344 e. The minimum atomic E-state index is -4.03. The topological polar surface area (TPSA) is 78.4 Å². The van der Waals surface area contributed by atoms with Crippen LogP contribution in [0.25, 0.3) is 0 Å². The van der Waals surface area contributed by atoms with Crippen molar-refractivity contribution in [2.75, 3.05) is 6.61 Å². The van der Waals surface area contributed by atoms with Gasteiger partial charge in [-0.25, -0.2) is 4.39 Å². The van der Waals surface area contributed by atoms with Crippen LogP contribution in [0.3, 0.4) is 0 Å². The van der Waals surface area contributed by atoms with Gasteiger partial charge < -0.3 is 6.15 Å². The predicted molar refractivity (Wildman–Crippen MR) is 105 cm³/mol. The molecule has 0 aliphatic heterocycles. The maximum Gasteiger partial charge on any atom is 0.299 e. The molecule has 0 radical (unpaired) electrons. The van der Waals surface area contributed by atoms with Crippen molar-refractivity contribution in [3.8, 4) is 0 Å². The van der Waals surface area contributed by atoms with E-state index in [4.69, 9.17) is 4.18 Å². The molecule has 6 heteroatoms. The van der Waals surface area contributed by atoms with Crippen molar-refractivity contribution in [1.82, 2.24) is 6.15 Å². The molecule has 0 aliphatic carbocycles. The Kier molecular flexibility index (Phi) is 20.1. The van der Waals surface area contributed by atoms with E-state index >= 15 is 0 Å². The van der Waals surface area contributed by atoms with Gasteiger partial charge >= 0.3 is 0 Å². The van der Waals surface area contributed by atoms with Crippen LogP contribution >= 0.6 is 0 Å². The Morgan fingerprint density at radius 1 is 0.720 bits per heavy atom. The third-order valence-electron chi connectivity index (χ3n) is 4.34. The van der Waals surface area contributed by atoms with Gasteiger partial charge in [-0.2, -0.15) is 8.42 Å². The quantitative estimate of drug-likeness (QED) is 0.211. The molecule has 154 valence electrons. The van der Waals surface area contributed by atoms with Crippen LogP contribution in [0.15, 0.2) is 0 Å². The first kappa shape index (κ1) is 27.0. The molecule has 0 aromatic rings. The minimum absolute atomic E-state index is 0. The van der Waals surface area contributed by atoms with Gasteiger partial charge in [-0.05, 0) is 19.3 Å². The highest BCUT2D eigenvalue weighted by Crippen LogP contribution is 2.16. The molecule has 0 bridgehead atoms. The number of hydrogen-bond donors (Lipinski definition) is 1. The van der Waals surface area contributed by atoms with Crippen LogP contribution in [0.5, 0.6) is 0 Å². The van der Waals surface area contributed by atoms with E-state index in [9.17, 15) is 12.8 Å². The van der Waals surface area contributed by atoms with E-state index in [1.807, 2.05) is 0 Å². The summed E-state index contributed by atoms with van der Waals surface area (Å²) < 4.78 is 42.0. The smallest absolute Gasteiger partial charge is 0.299 e. The Bertz CT molecular complexity index is 364. The van der Waals surface area contributed by atoms with Crippen LogP contribution in [-0.2, 0) is 14.3 Å². The molecule has 0 saturated carbocycles. The van der Waals surface area contributed by atoms with Gasteiger partial charge in [-0.3, -0.25) is 4.18 Å². The van der Waals surface area contributed by atoms with Crippen LogP contribution in [0, 0.1) is 0 Å². The first-order valence-corrected chi connectivity index (χ1v) is 11.5. The highest BCUT2D eigenvalue weighted by molar-refractivity contribution is 7.87. The van der Waals surface area contributed by atoms with Gasteiger partial charge in [0.2, 0.25) is 5.50 Å². The summed E-state index contributed by atoms with van der Waals surface area (Å²) in [4.78, 5) is 0. The molecule has 0 fully saturated rings. The summed E-state index contributed by atoms with van der Waals surface area (Å²) in [6.45, 7) is 4.44. The third kappa shape index (κ3) is 17.0. The molecule has 0 spiro atoms. The van der Waals surface area contributed by atoms with E-state index in [2.05, 4.69) is 13.8 Å². The molecular weight excluding hydrogens is 341 g/mol. The van der Waals surface area contributed by atoms with Gasteiger partial charge in [0.05, 0.1) is 6.61 Å². The van der Waals surface area contributed by atoms with Crippen molar-refractivity contribution in [3.05, 3.63) is 0 Å². The van der Waals surface area contributed by atoms with Crippen molar-refractivity contribution in [3.63, 3.8) is 0 Å². The highest BCUT2D eigenvalue weighted by Gasteiger charge is 2.25. The number of hydrogen-bond acceptors (Lipinski definition) is 4. The van der Waals surface area contributed by atoms with Gasteiger partial charge in [0.15, 0.2) is 0 Å². The lowest BCUT2D eigenvalue weighted by atomic mass is 10.1. The maximum absolute atomic E-state index is 13.8. The first-order valence-electron chi connectivity index (χ1n) is 10.1. The van der Waals surface area contributed by atoms with Crippen molar-refractivity contribution in [2.24, 2.45) is 0 Å². The zero-order chi connectivity index (χ0) is 18.1. The second-order valence-corrected chi connectivity index (χ2v) is 8.49. The van der Waals surface area contributed by atoms with E-state index in [1.165, 1.54) is 38.5 Å². The standard InChI is InChI=1S/C19H39FO3S.H3N/c1-3-5-7-9-10-11-12-14-16-18-23-24(21,22)19(20)17-15-13-8-6-4-2;/h19H,3-18H2,1-2H3;1H3. The van der Waals surface area contributed by atoms with Gasteiger partial charge in [0.1, 0.15) is 0 Å². The van der Waals surface area contributed by atoms with Crippen LogP contribution in [0.1, 0.15) is 110 Å². The van der Waals surface area contributed by atoms with E-state index in [0.29, 0.717) is 12.8 Å². The molecular formula is C19H42FNO3S. The Hall–Kier alpha value is -0.200. The predicted octanol–water partition coefficient (Wildman–Crippen LogP) is 6.68. The summed E-state index contributed by atoms with van der Waals surface area (Å²) in [6, 6.07) is 0. The van der Waals surface area contributed by atoms with E-state index in [-0.39, 0.29) is 19.2 Å². The SMILES string of the molecule is CCCCCCCCCCCOS(=O)(=O)C(F)CCCCCCC.N. The second-order valence-electron chi connectivity index (χ2n) is 6.76. The Morgan fingerprint density at radius 2 is 1.12 bits per heavy atom. The van der Waals surface area contributed by atoms with Crippen LogP contribution in [0.4, 0.5) is 4.39 Å². The second kappa shape index (κ2) is 18.6. The van der Waals surface area contributed by atoms with Gasteiger partial charge in [-0.15, -0.1) is 0 Å². The summed E-state index contributed by atoms with van der Waals surface area (Å²) in [5.41, 5.74) is -1.86. The van der Waals surface area contributed by atoms with Crippen molar-refractivity contribution < 1.29 is 17.0 Å². The van der Waals surface area contributed by atoms with E-state index < -0.39 is 15.6 Å². The Balaban J connectivity index is 0. The summed E-state index contributed by atoms with van der Waals surface area (Å²) in [6.07, 6.45) is 15.2. The van der Waals surface area contributed by atoms with Gasteiger partial charge in [0, 0.05) is 0 Å². The molecule has 1 atom stereocenters. The summed E-state index contributed by atoms with van der Waals surface area (Å²) in [5.74, 6) is 0. The average molecular weight is 384 g/mol. The molecule has 0 aromatic carbocycles. The van der Waals surface area contributed by atoms with Crippen molar-refractivity contribution in [1.29, 1.82) is 0 Å². The van der Waals surface area contributed by atoms with E-state index in [1.54, 1.807) is 0 Å². The maximum atomic E-state index is 13.8. The molecule has 0 heterocycles. The lowest BCUT2D eigenvalue weighted by molar-refractivity contribution is 0.270. The fourth-order valence-electron chi connectivity index (χ4n) is 2.71. The summed E-state index contributed by atoms with van der Waals surface area (Å²) in [7, 11) is -4.03. The lowest BCUT2D eigenvalue weighted by Crippen LogP contribution is -2.19. The van der Waals surface area contributed by atoms with E-state index in [0.717, 1.165) is 38.5 Å². The monoisotopic (exact) mass is 383 g/mol. The number of alkyl halides is 1. The van der Waals surface area contributed by atoms with Crippen molar-refractivity contribution in [2.45, 2.75) is 116 Å². The molecule has 0 aromatic heterocycles. The summed E-state index contributed by atoms with van der Waals surface area (Å²) in [5, 5.41) is 0. The zero-order valence-corrected chi connectivity index (χ0v) is 17.4. The normalized spacial score (nSPS) is 12.8. The van der Waals surface area contributed by atoms with Gasteiger partial charge in [0.25, 0.3) is 10.1 Å². The van der Waals surface area contributed by atoms with Crippen LogP contribution in [0.2, 0.25) is 0 Å². The van der Waals surface area contributed by atoms with Crippen LogP contribution < -0.4 is 6.15 Å². The molecule has 0 aliphatic rings. The summed E-state index contributed by atoms with van der Waals surface area (Å²) >= 11 is 0. The molecule has 0 rings (SSSR count).